The second-order valence-electron chi connectivity index (χ2n) is 7.39. The highest BCUT2D eigenvalue weighted by atomic mass is 16.3. The van der Waals surface area contributed by atoms with Gasteiger partial charge in [-0.1, -0.05) is 30.3 Å². The lowest BCUT2D eigenvalue weighted by molar-refractivity contribution is -0.133. The summed E-state index contributed by atoms with van der Waals surface area (Å²) in [7, 11) is 0. The number of amides is 1. The number of piperazine rings is 1. The number of furan rings is 1. The van der Waals surface area contributed by atoms with E-state index in [0.29, 0.717) is 30.9 Å². The number of nitrogens with zero attached hydrogens (tertiary/aromatic N) is 4. The van der Waals surface area contributed by atoms with Crippen molar-refractivity contribution in [2.45, 2.75) is 12.3 Å². The van der Waals surface area contributed by atoms with E-state index in [2.05, 4.69) is 27.0 Å². The Labute approximate surface area is 163 Å². The van der Waals surface area contributed by atoms with Crippen LogP contribution >= 0.6 is 0 Å². The van der Waals surface area contributed by atoms with Crippen LogP contribution < -0.4 is 4.90 Å². The third-order valence-electron chi connectivity index (χ3n) is 5.63. The summed E-state index contributed by atoms with van der Waals surface area (Å²) >= 11 is 0. The lowest BCUT2D eigenvalue weighted by Crippen LogP contribution is -2.49. The molecule has 1 aliphatic heterocycles. The van der Waals surface area contributed by atoms with Gasteiger partial charge in [-0.25, -0.2) is 9.97 Å². The lowest BCUT2D eigenvalue weighted by Gasteiger charge is -2.35. The average molecular weight is 374 g/mol. The predicted octanol–water partition coefficient (Wildman–Crippen LogP) is 3.19. The fourth-order valence-corrected chi connectivity index (χ4v) is 3.96. The van der Waals surface area contributed by atoms with Crippen LogP contribution in [0.1, 0.15) is 17.9 Å². The van der Waals surface area contributed by atoms with E-state index in [1.807, 2.05) is 41.3 Å². The van der Waals surface area contributed by atoms with Gasteiger partial charge in [-0.3, -0.25) is 4.79 Å². The van der Waals surface area contributed by atoms with E-state index in [0.717, 1.165) is 31.0 Å². The van der Waals surface area contributed by atoms with Crippen molar-refractivity contribution in [3.8, 4) is 11.5 Å². The molecule has 0 spiro atoms. The molecule has 1 amide bonds. The van der Waals surface area contributed by atoms with E-state index in [4.69, 9.17) is 4.42 Å². The molecule has 2 atom stereocenters. The van der Waals surface area contributed by atoms with Crippen molar-refractivity contribution >= 4 is 11.9 Å². The smallest absolute Gasteiger partial charge is 0.226 e. The highest BCUT2D eigenvalue weighted by Gasteiger charge is 2.46. The van der Waals surface area contributed by atoms with E-state index in [1.54, 1.807) is 12.5 Å². The maximum atomic E-state index is 12.9. The van der Waals surface area contributed by atoms with E-state index >= 15 is 0 Å². The zero-order valence-electron chi connectivity index (χ0n) is 15.6. The number of benzene rings is 1. The molecule has 1 unspecified atom stereocenters. The normalized spacial score (nSPS) is 21.6. The van der Waals surface area contributed by atoms with Gasteiger partial charge in [0.15, 0.2) is 5.76 Å². The largest absolute Gasteiger partial charge is 0.463 e. The molecule has 2 fully saturated rings. The van der Waals surface area contributed by atoms with Crippen LogP contribution in [0.4, 0.5) is 5.95 Å². The van der Waals surface area contributed by atoms with Crippen LogP contribution in [0, 0.1) is 5.92 Å². The summed E-state index contributed by atoms with van der Waals surface area (Å²) < 4.78 is 5.43. The third kappa shape index (κ3) is 3.26. The minimum atomic E-state index is 0.146. The molecule has 142 valence electrons. The number of carbonyl (C=O) groups excluding carboxylic acids is 1. The van der Waals surface area contributed by atoms with Crippen LogP contribution in [0.25, 0.3) is 11.5 Å². The van der Waals surface area contributed by atoms with Gasteiger partial charge in [0, 0.05) is 38.3 Å². The second-order valence-corrected chi connectivity index (χ2v) is 7.39. The zero-order valence-corrected chi connectivity index (χ0v) is 15.6. The molecule has 2 aliphatic rings. The predicted molar refractivity (Wildman–Crippen MR) is 106 cm³/mol. The van der Waals surface area contributed by atoms with Crippen LogP contribution in [-0.4, -0.2) is 47.0 Å². The number of anilines is 1. The molecule has 1 saturated heterocycles. The van der Waals surface area contributed by atoms with Gasteiger partial charge in [0.1, 0.15) is 5.69 Å². The van der Waals surface area contributed by atoms with Gasteiger partial charge >= 0.3 is 0 Å². The Kier molecular flexibility index (Phi) is 4.31. The Hall–Kier alpha value is -3.15. The van der Waals surface area contributed by atoms with Crippen molar-refractivity contribution in [1.82, 2.24) is 14.9 Å². The van der Waals surface area contributed by atoms with Crippen LogP contribution in [0.3, 0.4) is 0 Å². The van der Waals surface area contributed by atoms with Gasteiger partial charge in [-0.2, -0.15) is 0 Å². The molecule has 0 bridgehead atoms. The fraction of sp³-hybridized carbons (Fsp3) is 0.318. The van der Waals surface area contributed by atoms with Crippen molar-refractivity contribution in [3.05, 3.63) is 66.6 Å². The highest BCUT2D eigenvalue weighted by Crippen LogP contribution is 2.48. The standard InChI is InChI=1S/C22H22N4O2/c27-21(18-15-17(18)16-5-2-1-3-6-16)25-10-12-26(13-11-25)22-23-9-8-19(24-22)20-7-4-14-28-20/h1-9,14,17-18H,10-13,15H2/t17-,18?/m0/s1. The molecule has 0 radical (unpaired) electrons. The van der Waals surface area contributed by atoms with Gasteiger partial charge in [0.05, 0.1) is 6.26 Å². The molecule has 6 heteroatoms. The molecule has 0 N–H and O–H groups in total. The van der Waals surface area contributed by atoms with E-state index in [-0.39, 0.29) is 5.92 Å². The minimum Gasteiger partial charge on any atom is -0.463 e. The summed E-state index contributed by atoms with van der Waals surface area (Å²) in [5.74, 6) is 2.25. The van der Waals surface area contributed by atoms with Crippen LogP contribution in [0.2, 0.25) is 0 Å². The molecular formula is C22H22N4O2. The molecule has 3 aromatic rings. The Morgan fingerprint density at radius 2 is 1.82 bits per heavy atom. The molecule has 1 saturated carbocycles. The Morgan fingerprint density at radius 1 is 1.00 bits per heavy atom. The van der Waals surface area contributed by atoms with Crippen LogP contribution in [0.5, 0.6) is 0 Å². The van der Waals surface area contributed by atoms with Crippen LogP contribution in [0.15, 0.2) is 65.4 Å². The molecule has 6 nitrogen and oxygen atoms in total. The van der Waals surface area contributed by atoms with Crippen molar-refractivity contribution in [3.63, 3.8) is 0 Å². The average Bonchev–Trinajstić information content (AvgIpc) is 3.38. The fourth-order valence-electron chi connectivity index (χ4n) is 3.96. The molecular weight excluding hydrogens is 352 g/mol. The summed E-state index contributed by atoms with van der Waals surface area (Å²) in [6, 6.07) is 15.9. The maximum absolute atomic E-state index is 12.9. The van der Waals surface area contributed by atoms with E-state index < -0.39 is 0 Å². The van der Waals surface area contributed by atoms with Crippen molar-refractivity contribution in [2.24, 2.45) is 5.92 Å². The molecule has 28 heavy (non-hydrogen) atoms. The van der Waals surface area contributed by atoms with Crippen molar-refractivity contribution in [1.29, 1.82) is 0 Å². The van der Waals surface area contributed by atoms with Crippen molar-refractivity contribution in [2.75, 3.05) is 31.1 Å². The lowest BCUT2D eigenvalue weighted by atomic mass is 10.1. The van der Waals surface area contributed by atoms with Crippen molar-refractivity contribution < 1.29 is 9.21 Å². The second kappa shape index (κ2) is 7.11. The topological polar surface area (TPSA) is 62.5 Å². The molecule has 5 rings (SSSR count). The summed E-state index contributed by atoms with van der Waals surface area (Å²) in [5, 5.41) is 0. The molecule has 1 aromatic carbocycles. The highest BCUT2D eigenvalue weighted by molar-refractivity contribution is 5.83. The molecule has 3 heterocycles. The first-order valence-electron chi connectivity index (χ1n) is 9.75. The van der Waals surface area contributed by atoms with Gasteiger partial charge in [-0.05, 0) is 36.1 Å². The maximum Gasteiger partial charge on any atom is 0.226 e. The quantitative estimate of drug-likeness (QED) is 0.702. The summed E-state index contributed by atoms with van der Waals surface area (Å²) in [6.07, 6.45) is 4.37. The number of hydrogen-bond acceptors (Lipinski definition) is 5. The number of hydrogen-bond donors (Lipinski definition) is 0. The Balaban J connectivity index is 1.20. The SMILES string of the molecule is O=C(C1C[C@H]1c1ccccc1)N1CCN(c2nccc(-c3ccco3)n2)CC1. The summed E-state index contributed by atoms with van der Waals surface area (Å²) in [6.45, 7) is 2.92. The van der Waals surface area contributed by atoms with E-state index in [9.17, 15) is 4.79 Å². The first kappa shape index (κ1) is 17.0. The minimum absolute atomic E-state index is 0.146. The zero-order chi connectivity index (χ0) is 18.9. The summed E-state index contributed by atoms with van der Waals surface area (Å²) in [4.78, 5) is 26.0. The van der Waals surface area contributed by atoms with Gasteiger partial charge < -0.3 is 14.2 Å². The van der Waals surface area contributed by atoms with Gasteiger partial charge in [0.2, 0.25) is 11.9 Å². The van der Waals surface area contributed by atoms with Gasteiger partial charge in [-0.15, -0.1) is 0 Å². The first-order chi connectivity index (χ1) is 13.8. The summed E-state index contributed by atoms with van der Waals surface area (Å²) in [5.41, 5.74) is 2.06. The molecule has 2 aromatic heterocycles. The number of carbonyl (C=O) groups is 1. The number of aromatic nitrogens is 2. The third-order valence-corrected chi connectivity index (χ3v) is 5.63. The Bertz CT molecular complexity index is 950. The monoisotopic (exact) mass is 374 g/mol. The van der Waals surface area contributed by atoms with E-state index in [1.165, 1.54) is 5.56 Å². The van der Waals surface area contributed by atoms with Gasteiger partial charge in [0.25, 0.3) is 0 Å². The number of rotatable bonds is 4. The Morgan fingerprint density at radius 3 is 2.57 bits per heavy atom. The first-order valence-corrected chi connectivity index (χ1v) is 9.75. The van der Waals surface area contributed by atoms with Crippen LogP contribution in [-0.2, 0) is 4.79 Å². The molecule has 1 aliphatic carbocycles.